The zero-order valence-electron chi connectivity index (χ0n) is 18.3. The van der Waals surface area contributed by atoms with Gasteiger partial charge < -0.3 is 5.11 Å². The summed E-state index contributed by atoms with van der Waals surface area (Å²) in [6.07, 6.45) is 7.39. The van der Waals surface area contributed by atoms with Gasteiger partial charge in [0.15, 0.2) is 0 Å². The number of fused-ring (bicyclic) bond motifs is 1. The third-order valence-electron chi connectivity index (χ3n) is 5.77. The molecule has 3 aromatic rings. The first-order valence-corrected chi connectivity index (χ1v) is 11.7. The van der Waals surface area contributed by atoms with Gasteiger partial charge in [-0.15, -0.1) is 11.3 Å². The lowest BCUT2D eigenvalue weighted by molar-refractivity contribution is -0.122. The number of pyridine rings is 1. The summed E-state index contributed by atoms with van der Waals surface area (Å²) < 4.78 is 2.08. The zero-order valence-corrected chi connectivity index (χ0v) is 20.0. The highest BCUT2D eigenvalue weighted by molar-refractivity contribution is 7.77. The molecular formula is C25H30N2O2S2. The van der Waals surface area contributed by atoms with E-state index < -0.39 is 0 Å². The highest BCUT2D eigenvalue weighted by atomic mass is 32.1. The first-order valence-electron chi connectivity index (χ1n) is 10.4. The third-order valence-corrected chi connectivity index (χ3v) is 7.48. The Morgan fingerprint density at radius 2 is 1.87 bits per heavy atom. The Hall–Kier alpha value is -2.15. The van der Waals surface area contributed by atoms with Gasteiger partial charge in [0.25, 0.3) is 6.47 Å². The number of nitrogens with zero attached hydrogens (tertiary/aromatic N) is 2. The van der Waals surface area contributed by atoms with Gasteiger partial charge in [-0.2, -0.15) is 0 Å². The van der Waals surface area contributed by atoms with Crippen LogP contribution in [0.15, 0.2) is 48.8 Å². The Labute approximate surface area is 194 Å². The van der Waals surface area contributed by atoms with E-state index >= 15 is 0 Å². The number of carbonyl (C=O) groups is 1. The minimum atomic E-state index is -0.250. The SMILES string of the molecule is Cc1c(-c2ccccc2CN(S)Cc2ccncc2)sc2c1CC(C)(C)CC2.O=CO. The maximum absolute atomic E-state index is 8.36. The highest BCUT2D eigenvalue weighted by Gasteiger charge is 2.29. The van der Waals surface area contributed by atoms with E-state index in [1.54, 1.807) is 10.4 Å². The molecule has 0 atom stereocenters. The van der Waals surface area contributed by atoms with Crippen LogP contribution in [-0.4, -0.2) is 20.9 Å². The van der Waals surface area contributed by atoms with Crippen molar-refractivity contribution in [2.45, 2.75) is 53.1 Å². The second-order valence-electron chi connectivity index (χ2n) is 8.74. The van der Waals surface area contributed by atoms with Crippen molar-refractivity contribution in [2.24, 2.45) is 5.41 Å². The Balaban J connectivity index is 0.000000858. The van der Waals surface area contributed by atoms with Gasteiger partial charge in [-0.25, -0.2) is 4.31 Å². The first kappa shape index (κ1) is 23.5. The summed E-state index contributed by atoms with van der Waals surface area (Å²) in [7, 11) is 0. The van der Waals surface area contributed by atoms with Crippen LogP contribution in [0.2, 0.25) is 0 Å². The number of hydrogen-bond donors (Lipinski definition) is 2. The number of carboxylic acid groups (broad SMARTS) is 1. The Morgan fingerprint density at radius 1 is 1.19 bits per heavy atom. The molecule has 2 aromatic heterocycles. The molecule has 6 heteroatoms. The maximum atomic E-state index is 8.36. The lowest BCUT2D eigenvalue weighted by Gasteiger charge is -2.29. The molecule has 0 spiro atoms. The molecule has 0 aliphatic heterocycles. The Bertz CT molecular complexity index is 1020. The minimum Gasteiger partial charge on any atom is -0.483 e. The summed E-state index contributed by atoms with van der Waals surface area (Å²) in [6.45, 7) is 8.48. The molecule has 31 heavy (non-hydrogen) atoms. The summed E-state index contributed by atoms with van der Waals surface area (Å²) in [4.78, 5) is 15.5. The van der Waals surface area contributed by atoms with E-state index in [9.17, 15) is 0 Å². The maximum Gasteiger partial charge on any atom is 0.290 e. The average Bonchev–Trinajstić information content (AvgIpc) is 3.04. The first-order chi connectivity index (χ1) is 14.8. The Kier molecular flexibility index (Phi) is 7.92. The van der Waals surface area contributed by atoms with E-state index in [1.807, 2.05) is 35.9 Å². The number of benzene rings is 1. The van der Waals surface area contributed by atoms with Crippen molar-refractivity contribution >= 4 is 30.6 Å². The second kappa shape index (κ2) is 10.4. The Morgan fingerprint density at radius 3 is 2.58 bits per heavy atom. The second-order valence-corrected chi connectivity index (χ2v) is 10.4. The fraction of sp³-hybridized carbons (Fsp3) is 0.360. The molecule has 0 saturated heterocycles. The molecular weight excluding hydrogens is 424 g/mol. The van der Waals surface area contributed by atoms with Crippen LogP contribution in [0.1, 0.15) is 47.4 Å². The molecule has 0 saturated carbocycles. The van der Waals surface area contributed by atoms with Crippen molar-refractivity contribution in [1.82, 2.24) is 9.29 Å². The van der Waals surface area contributed by atoms with E-state index in [4.69, 9.17) is 22.7 Å². The van der Waals surface area contributed by atoms with E-state index in [2.05, 4.69) is 54.3 Å². The number of aryl methyl sites for hydroxylation is 1. The van der Waals surface area contributed by atoms with Crippen LogP contribution in [0.3, 0.4) is 0 Å². The van der Waals surface area contributed by atoms with Crippen LogP contribution in [0.25, 0.3) is 10.4 Å². The molecule has 1 N–H and O–H groups in total. The van der Waals surface area contributed by atoms with Gasteiger partial charge in [-0.1, -0.05) is 50.9 Å². The summed E-state index contributed by atoms with van der Waals surface area (Å²) in [5, 5.41) is 6.89. The van der Waals surface area contributed by atoms with Crippen molar-refractivity contribution in [3.63, 3.8) is 0 Å². The van der Waals surface area contributed by atoms with Gasteiger partial charge in [-0.3, -0.25) is 9.78 Å². The molecule has 0 fully saturated rings. The number of rotatable bonds is 5. The fourth-order valence-electron chi connectivity index (χ4n) is 4.15. The predicted molar refractivity (Wildman–Crippen MR) is 131 cm³/mol. The molecule has 4 rings (SSSR count). The number of hydrogen-bond acceptors (Lipinski definition) is 5. The highest BCUT2D eigenvalue weighted by Crippen LogP contribution is 2.45. The van der Waals surface area contributed by atoms with E-state index in [-0.39, 0.29) is 6.47 Å². The largest absolute Gasteiger partial charge is 0.483 e. The molecule has 0 bridgehead atoms. The zero-order chi connectivity index (χ0) is 22.4. The molecule has 2 heterocycles. The number of thiophene rings is 1. The molecule has 0 radical (unpaired) electrons. The molecule has 4 nitrogen and oxygen atoms in total. The van der Waals surface area contributed by atoms with Crippen molar-refractivity contribution in [1.29, 1.82) is 0 Å². The molecule has 0 unspecified atom stereocenters. The standard InChI is InChI=1S/C24H28N2S2.CH2O2/c1-17-21-14-24(2,3)11-8-22(21)28-23(17)20-7-5-4-6-19(20)16-26(27)15-18-9-12-25-13-10-18;2-1-3/h4-7,9-10,12-13,27H,8,11,14-16H2,1-3H3;1H,(H,2,3). The van der Waals surface area contributed by atoms with Crippen molar-refractivity contribution < 1.29 is 9.90 Å². The lowest BCUT2D eigenvalue weighted by Crippen LogP contribution is -2.21. The number of thiol groups is 1. The van der Waals surface area contributed by atoms with Crippen LogP contribution >= 0.6 is 24.2 Å². The topological polar surface area (TPSA) is 53.4 Å². The van der Waals surface area contributed by atoms with Gasteiger partial charge in [0, 0.05) is 35.2 Å². The van der Waals surface area contributed by atoms with Crippen molar-refractivity contribution in [2.75, 3.05) is 0 Å². The summed E-state index contributed by atoms with van der Waals surface area (Å²) in [5.74, 6) is 0. The van der Waals surface area contributed by atoms with Crippen LogP contribution < -0.4 is 0 Å². The minimum absolute atomic E-state index is 0.250. The van der Waals surface area contributed by atoms with Crippen LogP contribution in [0, 0.1) is 12.3 Å². The van der Waals surface area contributed by atoms with Crippen LogP contribution in [0.5, 0.6) is 0 Å². The molecule has 1 aliphatic carbocycles. The summed E-state index contributed by atoms with van der Waals surface area (Å²) >= 11 is 6.76. The summed E-state index contributed by atoms with van der Waals surface area (Å²) in [5.41, 5.74) is 7.44. The number of aromatic nitrogens is 1. The van der Waals surface area contributed by atoms with Gasteiger partial charge in [0.2, 0.25) is 0 Å². The normalized spacial score (nSPS) is 14.5. The van der Waals surface area contributed by atoms with E-state index in [1.165, 1.54) is 46.4 Å². The molecule has 0 amide bonds. The van der Waals surface area contributed by atoms with E-state index in [0.717, 1.165) is 13.1 Å². The fourth-order valence-corrected chi connectivity index (χ4v) is 5.85. The summed E-state index contributed by atoms with van der Waals surface area (Å²) in [6, 6.07) is 12.9. The molecule has 1 aliphatic rings. The van der Waals surface area contributed by atoms with Gasteiger partial charge in [0.05, 0.1) is 0 Å². The average molecular weight is 455 g/mol. The van der Waals surface area contributed by atoms with Gasteiger partial charge in [-0.05, 0) is 71.6 Å². The monoisotopic (exact) mass is 454 g/mol. The molecule has 164 valence electrons. The van der Waals surface area contributed by atoms with Crippen LogP contribution in [0.4, 0.5) is 0 Å². The van der Waals surface area contributed by atoms with Crippen molar-refractivity contribution in [3.8, 4) is 10.4 Å². The predicted octanol–water partition coefficient (Wildman–Crippen LogP) is 6.18. The molecule has 1 aromatic carbocycles. The van der Waals surface area contributed by atoms with E-state index in [0.29, 0.717) is 5.41 Å². The smallest absolute Gasteiger partial charge is 0.290 e. The van der Waals surface area contributed by atoms with Gasteiger partial charge in [0.1, 0.15) is 0 Å². The van der Waals surface area contributed by atoms with Crippen LogP contribution in [-0.2, 0) is 30.7 Å². The quantitative estimate of drug-likeness (QED) is 0.357. The van der Waals surface area contributed by atoms with Gasteiger partial charge >= 0.3 is 0 Å². The third kappa shape index (κ3) is 5.97. The lowest BCUT2D eigenvalue weighted by atomic mass is 9.76. The van der Waals surface area contributed by atoms with Crippen molar-refractivity contribution in [3.05, 3.63) is 75.9 Å².